The van der Waals surface area contributed by atoms with Crippen molar-refractivity contribution in [3.05, 3.63) is 101 Å². The summed E-state index contributed by atoms with van der Waals surface area (Å²) in [5.41, 5.74) is 4.98. The van der Waals surface area contributed by atoms with Crippen molar-refractivity contribution in [2.75, 3.05) is 5.32 Å². The van der Waals surface area contributed by atoms with Crippen molar-refractivity contribution in [2.45, 2.75) is 26.2 Å². The number of anilines is 1. The number of carbonyl (C=O) groups excluding carboxylic acids is 1. The van der Waals surface area contributed by atoms with Crippen LogP contribution in [-0.2, 0) is 5.41 Å². The third-order valence-electron chi connectivity index (χ3n) is 5.09. The number of nitrogens with one attached hydrogen (secondary N) is 1. The molecule has 1 aromatic heterocycles. The standard InChI is InChI=1S/C26H24ClN3O/c1-26(2,3)19-9-13-21(14-10-19)28-25(31)23-17-24(18-7-5-4-6-8-18)30(29-23)22-15-11-20(27)12-16-22/h4-17H,1-3H3,(H,28,31). The van der Waals surface area contributed by atoms with Crippen LogP contribution in [0.5, 0.6) is 0 Å². The molecule has 0 saturated carbocycles. The molecular weight excluding hydrogens is 406 g/mol. The van der Waals surface area contributed by atoms with E-state index in [1.165, 1.54) is 5.56 Å². The Balaban J connectivity index is 1.67. The van der Waals surface area contributed by atoms with Crippen LogP contribution in [-0.4, -0.2) is 15.7 Å². The van der Waals surface area contributed by atoms with Crippen molar-refractivity contribution in [3.8, 4) is 16.9 Å². The van der Waals surface area contributed by atoms with Gasteiger partial charge in [-0.3, -0.25) is 4.79 Å². The predicted molar refractivity (Wildman–Crippen MR) is 127 cm³/mol. The summed E-state index contributed by atoms with van der Waals surface area (Å²) in [6, 6.07) is 27.0. The highest BCUT2D eigenvalue weighted by atomic mass is 35.5. The van der Waals surface area contributed by atoms with Gasteiger partial charge in [0.05, 0.1) is 11.4 Å². The Kier molecular flexibility index (Phi) is 5.66. The van der Waals surface area contributed by atoms with Crippen molar-refractivity contribution >= 4 is 23.2 Å². The Labute approximate surface area is 187 Å². The Hall–Kier alpha value is -3.37. The van der Waals surface area contributed by atoms with Gasteiger partial charge in [-0.1, -0.05) is 74.8 Å². The minimum Gasteiger partial charge on any atom is -0.321 e. The summed E-state index contributed by atoms with van der Waals surface area (Å²) < 4.78 is 1.77. The van der Waals surface area contributed by atoms with Gasteiger partial charge in [0.2, 0.25) is 0 Å². The summed E-state index contributed by atoms with van der Waals surface area (Å²) in [6.45, 7) is 6.49. The van der Waals surface area contributed by atoms with Crippen LogP contribution in [0.25, 0.3) is 16.9 Å². The molecule has 156 valence electrons. The fourth-order valence-corrected chi connectivity index (χ4v) is 3.46. The van der Waals surface area contributed by atoms with Crippen molar-refractivity contribution in [3.63, 3.8) is 0 Å². The van der Waals surface area contributed by atoms with E-state index in [1.54, 1.807) is 4.68 Å². The fourth-order valence-electron chi connectivity index (χ4n) is 3.33. The monoisotopic (exact) mass is 429 g/mol. The number of halogens is 1. The summed E-state index contributed by atoms with van der Waals surface area (Å²) in [4.78, 5) is 13.0. The number of nitrogens with zero attached hydrogens (tertiary/aromatic N) is 2. The molecule has 0 unspecified atom stereocenters. The largest absolute Gasteiger partial charge is 0.321 e. The highest BCUT2D eigenvalue weighted by Gasteiger charge is 2.18. The number of aromatic nitrogens is 2. The molecule has 0 aliphatic carbocycles. The van der Waals surface area contributed by atoms with Crippen LogP contribution in [0.4, 0.5) is 5.69 Å². The van der Waals surface area contributed by atoms with E-state index < -0.39 is 0 Å². The molecule has 5 heteroatoms. The fraction of sp³-hybridized carbons (Fsp3) is 0.154. The summed E-state index contributed by atoms with van der Waals surface area (Å²) in [5, 5.41) is 8.20. The van der Waals surface area contributed by atoms with Crippen LogP contribution >= 0.6 is 11.6 Å². The number of hydrogen-bond acceptors (Lipinski definition) is 2. The van der Waals surface area contributed by atoms with Gasteiger partial charge in [-0.05, 0) is 53.4 Å². The molecule has 0 aliphatic heterocycles. The van der Waals surface area contributed by atoms with Gasteiger partial charge < -0.3 is 5.32 Å². The Bertz CT molecular complexity index is 1190. The molecule has 31 heavy (non-hydrogen) atoms. The van der Waals surface area contributed by atoms with Gasteiger partial charge in [-0.25, -0.2) is 4.68 Å². The minimum absolute atomic E-state index is 0.0600. The lowest BCUT2D eigenvalue weighted by atomic mass is 9.87. The third-order valence-corrected chi connectivity index (χ3v) is 5.34. The molecule has 0 radical (unpaired) electrons. The molecule has 1 amide bonds. The number of benzene rings is 3. The van der Waals surface area contributed by atoms with E-state index in [-0.39, 0.29) is 11.3 Å². The summed E-state index contributed by atoms with van der Waals surface area (Å²) in [6.07, 6.45) is 0. The van der Waals surface area contributed by atoms with Gasteiger partial charge in [0.25, 0.3) is 5.91 Å². The second-order valence-corrected chi connectivity index (χ2v) is 8.89. The molecule has 3 aromatic carbocycles. The van der Waals surface area contributed by atoms with Crippen molar-refractivity contribution in [2.24, 2.45) is 0 Å². The van der Waals surface area contributed by atoms with Gasteiger partial charge in [0, 0.05) is 16.3 Å². The highest BCUT2D eigenvalue weighted by molar-refractivity contribution is 6.30. The molecule has 0 saturated heterocycles. The zero-order valence-electron chi connectivity index (χ0n) is 17.8. The first-order valence-electron chi connectivity index (χ1n) is 10.1. The van der Waals surface area contributed by atoms with Crippen LogP contribution in [0.2, 0.25) is 5.02 Å². The molecule has 4 rings (SSSR count). The minimum atomic E-state index is -0.256. The summed E-state index contributed by atoms with van der Waals surface area (Å²) in [7, 11) is 0. The molecule has 1 heterocycles. The number of amides is 1. The van der Waals surface area contributed by atoms with Crippen LogP contribution in [0.1, 0.15) is 36.8 Å². The molecule has 4 aromatic rings. The summed E-state index contributed by atoms with van der Waals surface area (Å²) in [5.74, 6) is -0.256. The smallest absolute Gasteiger partial charge is 0.276 e. The first kappa shape index (κ1) is 20.9. The maximum absolute atomic E-state index is 13.0. The van der Waals surface area contributed by atoms with E-state index in [1.807, 2.05) is 84.9 Å². The van der Waals surface area contributed by atoms with E-state index in [4.69, 9.17) is 11.6 Å². The van der Waals surface area contributed by atoms with Gasteiger partial charge in [-0.15, -0.1) is 0 Å². The van der Waals surface area contributed by atoms with E-state index in [0.717, 1.165) is 22.6 Å². The van der Waals surface area contributed by atoms with Crippen molar-refractivity contribution < 1.29 is 4.79 Å². The van der Waals surface area contributed by atoms with Gasteiger partial charge in [-0.2, -0.15) is 5.10 Å². The molecule has 0 fully saturated rings. The third kappa shape index (κ3) is 4.70. The zero-order chi connectivity index (χ0) is 22.0. The molecule has 1 N–H and O–H groups in total. The van der Waals surface area contributed by atoms with Crippen LogP contribution < -0.4 is 5.32 Å². The molecular formula is C26H24ClN3O. The average Bonchev–Trinajstić information content (AvgIpc) is 3.20. The first-order valence-corrected chi connectivity index (χ1v) is 10.5. The summed E-state index contributed by atoms with van der Waals surface area (Å²) >= 11 is 6.05. The number of hydrogen-bond donors (Lipinski definition) is 1. The lowest BCUT2D eigenvalue weighted by Crippen LogP contribution is -2.14. The Morgan fingerprint density at radius 3 is 2.16 bits per heavy atom. The Morgan fingerprint density at radius 2 is 1.55 bits per heavy atom. The van der Waals surface area contributed by atoms with E-state index in [9.17, 15) is 4.79 Å². The number of carbonyl (C=O) groups is 1. The normalized spacial score (nSPS) is 11.4. The van der Waals surface area contributed by atoms with Gasteiger partial charge in [0.15, 0.2) is 5.69 Å². The van der Waals surface area contributed by atoms with Gasteiger partial charge in [0.1, 0.15) is 0 Å². The molecule has 0 spiro atoms. The lowest BCUT2D eigenvalue weighted by molar-refractivity contribution is 0.102. The van der Waals surface area contributed by atoms with Crippen LogP contribution in [0, 0.1) is 0 Å². The van der Waals surface area contributed by atoms with E-state index in [2.05, 4.69) is 31.2 Å². The quantitative estimate of drug-likeness (QED) is 0.390. The SMILES string of the molecule is CC(C)(C)c1ccc(NC(=O)c2cc(-c3ccccc3)n(-c3ccc(Cl)cc3)n2)cc1. The zero-order valence-corrected chi connectivity index (χ0v) is 18.5. The van der Waals surface area contributed by atoms with Crippen LogP contribution in [0.15, 0.2) is 84.9 Å². The second-order valence-electron chi connectivity index (χ2n) is 8.45. The van der Waals surface area contributed by atoms with Gasteiger partial charge >= 0.3 is 0 Å². The molecule has 0 bridgehead atoms. The molecule has 0 atom stereocenters. The van der Waals surface area contributed by atoms with Crippen LogP contribution in [0.3, 0.4) is 0 Å². The van der Waals surface area contributed by atoms with E-state index >= 15 is 0 Å². The maximum Gasteiger partial charge on any atom is 0.276 e. The first-order chi connectivity index (χ1) is 14.8. The number of rotatable bonds is 4. The van der Waals surface area contributed by atoms with Crippen molar-refractivity contribution in [1.29, 1.82) is 0 Å². The van der Waals surface area contributed by atoms with E-state index in [0.29, 0.717) is 10.7 Å². The van der Waals surface area contributed by atoms with Crippen molar-refractivity contribution in [1.82, 2.24) is 9.78 Å². The average molecular weight is 430 g/mol. The predicted octanol–water partition coefficient (Wildman–Crippen LogP) is 6.74. The molecule has 0 aliphatic rings. The Morgan fingerprint density at radius 1 is 0.903 bits per heavy atom. The topological polar surface area (TPSA) is 46.9 Å². The highest BCUT2D eigenvalue weighted by Crippen LogP contribution is 2.26. The molecule has 4 nitrogen and oxygen atoms in total. The maximum atomic E-state index is 13.0. The lowest BCUT2D eigenvalue weighted by Gasteiger charge is -2.19. The second kappa shape index (κ2) is 8.40.